The van der Waals surface area contributed by atoms with Crippen LogP contribution in [0.2, 0.25) is 0 Å². The third-order valence-electron chi connectivity index (χ3n) is 2.63. The van der Waals surface area contributed by atoms with E-state index in [2.05, 4.69) is 11.0 Å². The highest BCUT2D eigenvalue weighted by molar-refractivity contribution is 4.90. The van der Waals surface area contributed by atoms with Gasteiger partial charge < -0.3 is 15.4 Å². The monoisotopic (exact) mass is 197 g/mol. The molecule has 0 aromatic carbocycles. The normalized spacial score (nSPS) is 25.6. The first kappa shape index (κ1) is 11.4. The SMILES string of the molecule is COCC1CCCN(CC(N)C#N)C1. The molecule has 2 N–H and O–H groups in total. The Balaban J connectivity index is 2.29. The summed E-state index contributed by atoms with van der Waals surface area (Å²) in [5.41, 5.74) is 5.59. The van der Waals surface area contributed by atoms with Gasteiger partial charge in [-0.2, -0.15) is 5.26 Å². The molecular weight excluding hydrogens is 178 g/mol. The predicted octanol–water partition coefficient (Wildman–Crippen LogP) is 0.196. The lowest BCUT2D eigenvalue weighted by molar-refractivity contribution is 0.0900. The van der Waals surface area contributed by atoms with Crippen LogP contribution in [0.5, 0.6) is 0 Å². The lowest BCUT2D eigenvalue weighted by atomic mass is 9.99. The average molecular weight is 197 g/mol. The van der Waals surface area contributed by atoms with Gasteiger partial charge in [0.05, 0.1) is 12.7 Å². The van der Waals surface area contributed by atoms with Crippen molar-refractivity contribution in [1.29, 1.82) is 5.26 Å². The van der Waals surface area contributed by atoms with Crippen LogP contribution in [0.4, 0.5) is 0 Å². The molecule has 1 heterocycles. The lowest BCUT2D eigenvalue weighted by Gasteiger charge is -2.32. The van der Waals surface area contributed by atoms with E-state index in [1.807, 2.05) is 0 Å². The van der Waals surface area contributed by atoms with Crippen molar-refractivity contribution in [3.63, 3.8) is 0 Å². The number of hydrogen-bond acceptors (Lipinski definition) is 4. The topological polar surface area (TPSA) is 62.3 Å². The molecule has 0 bridgehead atoms. The molecule has 1 aliphatic rings. The molecule has 80 valence electrons. The van der Waals surface area contributed by atoms with Gasteiger partial charge in [-0.15, -0.1) is 0 Å². The molecule has 0 radical (unpaired) electrons. The molecule has 0 saturated carbocycles. The largest absolute Gasteiger partial charge is 0.384 e. The molecule has 0 amide bonds. The number of hydrogen-bond donors (Lipinski definition) is 1. The van der Waals surface area contributed by atoms with E-state index in [0.29, 0.717) is 12.5 Å². The number of rotatable bonds is 4. The summed E-state index contributed by atoms with van der Waals surface area (Å²) in [5.74, 6) is 0.611. The molecule has 14 heavy (non-hydrogen) atoms. The second-order valence-corrected chi connectivity index (χ2v) is 3.96. The Kier molecular flexibility index (Phi) is 4.88. The molecular formula is C10H19N3O. The quantitative estimate of drug-likeness (QED) is 0.699. The number of ether oxygens (including phenoxy) is 1. The van der Waals surface area contributed by atoms with Gasteiger partial charge in [0.1, 0.15) is 6.04 Å². The molecule has 1 saturated heterocycles. The molecule has 1 aliphatic heterocycles. The Bertz CT molecular complexity index is 200. The summed E-state index contributed by atoms with van der Waals surface area (Å²) >= 11 is 0. The molecule has 0 spiro atoms. The average Bonchev–Trinajstić information content (AvgIpc) is 2.19. The minimum absolute atomic E-state index is 0.351. The number of nitrogens with two attached hydrogens (primary N) is 1. The first-order valence-electron chi connectivity index (χ1n) is 5.12. The Hall–Kier alpha value is -0.630. The Morgan fingerprint density at radius 3 is 3.14 bits per heavy atom. The molecule has 2 atom stereocenters. The second kappa shape index (κ2) is 5.97. The summed E-state index contributed by atoms with van der Waals surface area (Å²) in [6.07, 6.45) is 2.41. The third-order valence-corrected chi connectivity index (χ3v) is 2.63. The maximum Gasteiger partial charge on any atom is 0.106 e. The van der Waals surface area contributed by atoms with Crippen molar-refractivity contribution in [2.45, 2.75) is 18.9 Å². The Morgan fingerprint density at radius 2 is 2.50 bits per heavy atom. The fourth-order valence-corrected chi connectivity index (χ4v) is 2.01. The van der Waals surface area contributed by atoms with Crippen LogP contribution in [0.1, 0.15) is 12.8 Å². The smallest absolute Gasteiger partial charge is 0.106 e. The van der Waals surface area contributed by atoms with Crippen LogP contribution in [-0.4, -0.2) is 44.3 Å². The van der Waals surface area contributed by atoms with Crippen molar-refractivity contribution < 1.29 is 4.74 Å². The van der Waals surface area contributed by atoms with Gasteiger partial charge in [0.25, 0.3) is 0 Å². The van der Waals surface area contributed by atoms with Gasteiger partial charge in [0.15, 0.2) is 0 Å². The number of nitrogens with zero attached hydrogens (tertiary/aromatic N) is 2. The number of nitriles is 1. The molecule has 0 aromatic rings. The number of likely N-dealkylation sites (tertiary alicyclic amines) is 1. The first-order valence-corrected chi connectivity index (χ1v) is 5.12. The minimum atomic E-state index is -0.351. The summed E-state index contributed by atoms with van der Waals surface area (Å²) in [6.45, 7) is 3.59. The van der Waals surface area contributed by atoms with Crippen LogP contribution < -0.4 is 5.73 Å². The van der Waals surface area contributed by atoms with E-state index in [0.717, 1.165) is 19.7 Å². The fraction of sp³-hybridized carbons (Fsp3) is 0.900. The standard InChI is InChI=1S/C10H19N3O/c1-14-8-9-3-2-4-13(6-9)7-10(12)5-11/h9-10H,2-4,6-8,12H2,1H3. The highest BCUT2D eigenvalue weighted by Crippen LogP contribution is 2.16. The van der Waals surface area contributed by atoms with Crippen molar-refractivity contribution in [1.82, 2.24) is 4.90 Å². The maximum atomic E-state index is 8.61. The van der Waals surface area contributed by atoms with E-state index in [1.165, 1.54) is 12.8 Å². The maximum absolute atomic E-state index is 8.61. The summed E-state index contributed by atoms with van der Waals surface area (Å²) in [6, 6.07) is 1.71. The van der Waals surface area contributed by atoms with Crippen LogP contribution in [0.3, 0.4) is 0 Å². The van der Waals surface area contributed by atoms with Gasteiger partial charge >= 0.3 is 0 Å². The van der Waals surface area contributed by atoms with Gasteiger partial charge in [0.2, 0.25) is 0 Å². The molecule has 2 unspecified atom stereocenters. The van der Waals surface area contributed by atoms with E-state index in [4.69, 9.17) is 15.7 Å². The second-order valence-electron chi connectivity index (χ2n) is 3.96. The van der Waals surface area contributed by atoms with Crippen LogP contribution in [-0.2, 0) is 4.74 Å². The van der Waals surface area contributed by atoms with Gasteiger partial charge in [-0.1, -0.05) is 0 Å². The highest BCUT2D eigenvalue weighted by Gasteiger charge is 2.20. The van der Waals surface area contributed by atoms with E-state index < -0.39 is 0 Å². The fourth-order valence-electron chi connectivity index (χ4n) is 2.01. The van der Waals surface area contributed by atoms with Crippen molar-refractivity contribution in [3.05, 3.63) is 0 Å². The summed E-state index contributed by atoms with van der Waals surface area (Å²) in [5, 5.41) is 8.61. The highest BCUT2D eigenvalue weighted by atomic mass is 16.5. The van der Waals surface area contributed by atoms with Gasteiger partial charge in [-0.3, -0.25) is 0 Å². The van der Waals surface area contributed by atoms with Gasteiger partial charge in [0, 0.05) is 20.2 Å². The zero-order chi connectivity index (χ0) is 10.4. The lowest BCUT2D eigenvalue weighted by Crippen LogP contribution is -2.43. The van der Waals surface area contributed by atoms with Crippen molar-refractivity contribution in [3.8, 4) is 6.07 Å². The molecule has 1 rings (SSSR count). The molecule has 0 aliphatic carbocycles. The van der Waals surface area contributed by atoms with Gasteiger partial charge in [-0.25, -0.2) is 0 Å². The Labute approximate surface area is 85.6 Å². The zero-order valence-electron chi connectivity index (χ0n) is 8.78. The van der Waals surface area contributed by atoms with E-state index in [-0.39, 0.29) is 6.04 Å². The van der Waals surface area contributed by atoms with Crippen LogP contribution in [0, 0.1) is 17.2 Å². The number of methoxy groups -OCH3 is 1. The molecule has 1 fully saturated rings. The summed E-state index contributed by atoms with van der Waals surface area (Å²) in [7, 11) is 1.74. The summed E-state index contributed by atoms with van der Waals surface area (Å²) < 4.78 is 5.14. The van der Waals surface area contributed by atoms with Gasteiger partial charge in [-0.05, 0) is 25.3 Å². The van der Waals surface area contributed by atoms with E-state index in [1.54, 1.807) is 7.11 Å². The van der Waals surface area contributed by atoms with Crippen LogP contribution in [0.25, 0.3) is 0 Å². The Morgan fingerprint density at radius 1 is 1.71 bits per heavy atom. The van der Waals surface area contributed by atoms with Crippen molar-refractivity contribution >= 4 is 0 Å². The zero-order valence-corrected chi connectivity index (χ0v) is 8.78. The first-order chi connectivity index (χ1) is 6.76. The third kappa shape index (κ3) is 3.62. The van der Waals surface area contributed by atoms with E-state index >= 15 is 0 Å². The van der Waals surface area contributed by atoms with E-state index in [9.17, 15) is 0 Å². The van der Waals surface area contributed by atoms with Crippen molar-refractivity contribution in [2.24, 2.45) is 11.7 Å². The summed E-state index contributed by atoms with van der Waals surface area (Å²) in [4.78, 5) is 2.26. The molecule has 0 aromatic heterocycles. The minimum Gasteiger partial charge on any atom is -0.384 e. The van der Waals surface area contributed by atoms with Crippen LogP contribution in [0.15, 0.2) is 0 Å². The molecule has 4 nitrogen and oxygen atoms in total. The van der Waals surface area contributed by atoms with Crippen LogP contribution >= 0.6 is 0 Å². The predicted molar refractivity (Wildman–Crippen MR) is 54.6 cm³/mol. The van der Waals surface area contributed by atoms with Crippen molar-refractivity contribution in [2.75, 3.05) is 33.4 Å². The molecule has 4 heteroatoms. The number of piperidine rings is 1.